The number of carbonyl (C=O) groups excluding carboxylic acids is 3. The number of nitrogens with zero attached hydrogens (tertiary/aromatic N) is 2. The minimum atomic E-state index is -1.33. The number of aryl methyl sites for hydroxylation is 1. The molecule has 2 amide bonds. The number of aliphatic carboxylic acids is 1. The molecule has 7 nitrogen and oxygen atoms in total. The predicted molar refractivity (Wildman–Crippen MR) is 105 cm³/mol. The molecule has 2 fully saturated rings. The van der Waals surface area contributed by atoms with Crippen molar-refractivity contribution in [3.05, 3.63) is 35.4 Å². The van der Waals surface area contributed by atoms with Crippen molar-refractivity contribution in [3.8, 4) is 0 Å². The maximum absolute atomic E-state index is 13.2. The van der Waals surface area contributed by atoms with E-state index in [2.05, 4.69) is 0 Å². The Kier molecular flexibility index (Phi) is 5.72. The van der Waals surface area contributed by atoms with Gasteiger partial charge in [-0.05, 0) is 24.5 Å². The zero-order valence-corrected chi connectivity index (χ0v) is 17.6. The summed E-state index contributed by atoms with van der Waals surface area (Å²) in [6.45, 7) is 8.71. The van der Waals surface area contributed by atoms with E-state index in [1.807, 2.05) is 39.8 Å². The first-order valence-electron chi connectivity index (χ1n) is 10.1. The van der Waals surface area contributed by atoms with Crippen molar-refractivity contribution in [2.45, 2.75) is 58.7 Å². The summed E-state index contributed by atoms with van der Waals surface area (Å²) < 4.78 is 5.91. The third-order valence-corrected chi connectivity index (χ3v) is 5.63. The summed E-state index contributed by atoms with van der Waals surface area (Å²) in [7, 11) is 0. The third-order valence-electron chi connectivity index (χ3n) is 5.63. The molecule has 0 aliphatic carbocycles. The number of carboxylic acid groups (broad SMARTS) is 1. The second-order valence-corrected chi connectivity index (χ2v) is 9.25. The van der Waals surface area contributed by atoms with Gasteiger partial charge in [0.05, 0.1) is 18.6 Å². The van der Waals surface area contributed by atoms with E-state index in [1.54, 1.807) is 17.0 Å². The van der Waals surface area contributed by atoms with Gasteiger partial charge >= 0.3 is 0 Å². The molecule has 2 heterocycles. The van der Waals surface area contributed by atoms with Gasteiger partial charge in [-0.25, -0.2) is 0 Å². The van der Waals surface area contributed by atoms with Gasteiger partial charge in [0.2, 0.25) is 5.91 Å². The Bertz CT molecular complexity index is 788. The predicted octanol–water partition coefficient (Wildman–Crippen LogP) is 1.34. The SMILES string of the molecule is Cc1ccc(C(=O)N2[C@@H](C(=O)[O-])COC23CCN(C(=O)CC(C)(C)C)CC3)cc1. The van der Waals surface area contributed by atoms with Gasteiger partial charge in [0.25, 0.3) is 5.91 Å². The van der Waals surface area contributed by atoms with Crippen LogP contribution in [-0.4, -0.2) is 59.0 Å². The van der Waals surface area contributed by atoms with E-state index in [0.717, 1.165) is 5.56 Å². The Morgan fingerprint density at radius 2 is 1.72 bits per heavy atom. The van der Waals surface area contributed by atoms with Crippen LogP contribution in [0, 0.1) is 12.3 Å². The number of likely N-dealkylation sites (tertiary alicyclic amines) is 1. The standard InChI is InChI=1S/C22H30N2O5/c1-15-5-7-16(8-6-15)19(26)24-17(20(27)28)14-29-22(24)9-11-23(12-10-22)18(25)13-21(2,3)4/h5-8,17H,9-14H2,1-4H3,(H,27,28)/p-1/t17-/m1/s1. The van der Waals surface area contributed by atoms with E-state index < -0.39 is 17.7 Å². The lowest BCUT2D eigenvalue weighted by molar-refractivity contribution is -0.310. The second kappa shape index (κ2) is 7.78. The van der Waals surface area contributed by atoms with Crippen LogP contribution >= 0.6 is 0 Å². The van der Waals surface area contributed by atoms with Crippen LogP contribution < -0.4 is 5.11 Å². The lowest BCUT2D eigenvalue weighted by Gasteiger charge is -2.45. The largest absolute Gasteiger partial charge is 0.548 e. The Hall–Kier alpha value is -2.41. The van der Waals surface area contributed by atoms with E-state index in [9.17, 15) is 19.5 Å². The van der Waals surface area contributed by atoms with Crippen molar-refractivity contribution in [1.82, 2.24) is 9.80 Å². The van der Waals surface area contributed by atoms with Gasteiger partial charge in [-0.15, -0.1) is 0 Å². The van der Waals surface area contributed by atoms with Crippen molar-refractivity contribution in [1.29, 1.82) is 0 Å². The molecule has 0 unspecified atom stereocenters. The minimum Gasteiger partial charge on any atom is -0.548 e. The molecule has 0 radical (unpaired) electrons. The molecule has 2 saturated heterocycles. The number of amides is 2. The molecule has 1 aromatic rings. The summed E-state index contributed by atoms with van der Waals surface area (Å²) in [4.78, 5) is 40.6. The van der Waals surface area contributed by atoms with E-state index in [0.29, 0.717) is 37.9 Å². The molecule has 0 N–H and O–H groups in total. The fourth-order valence-electron chi connectivity index (χ4n) is 4.05. The number of piperidine rings is 1. The normalized spacial score (nSPS) is 21.4. The van der Waals surface area contributed by atoms with Gasteiger partial charge in [-0.3, -0.25) is 14.5 Å². The fraction of sp³-hybridized carbons (Fsp3) is 0.591. The Balaban J connectivity index is 1.80. The number of ether oxygens (including phenoxy) is 1. The fourth-order valence-corrected chi connectivity index (χ4v) is 4.05. The first-order chi connectivity index (χ1) is 13.5. The summed E-state index contributed by atoms with van der Waals surface area (Å²) in [5, 5.41) is 11.7. The average Bonchev–Trinajstić information content (AvgIpc) is 3.00. The minimum absolute atomic E-state index is 0.0678. The highest BCUT2D eigenvalue weighted by molar-refractivity contribution is 5.97. The van der Waals surface area contributed by atoms with Gasteiger partial charge in [0.15, 0.2) is 0 Å². The summed E-state index contributed by atoms with van der Waals surface area (Å²) in [5.41, 5.74) is 0.295. The zero-order chi connectivity index (χ0) is 21.4. The first-order valence-corrected chi connectivity index (χ1v) is 10.1. The highest BCUT2D eigenvalue weighted by Gasteiger charge is 2.52. The number of benzene rings is 1. The molecule has 1 spiro atoms. The summed E-state index contributed by atoms with van der Waals surface area (Å²) >= 11 is 0. The number of carboxylic acids is 1. The Morgan fingerprint density at radius 1 is 1.14 bits per heavy atom. The van der Waals surface area contributed by atoms with Crippen LogP contribution in [0.1, 0.15) is 56.0 Å². The van der Waals surface area contributed by atoms with Crippen LogP contribution in [0.3, 0.4) is 0 Å². The summed E-state index contributed by atoms with van der Waals surface area (Å²) in [5.74, 6) is -1.64. The van der Waals surface area contributed by atoms with Crippen LogP contribution in [0.25, 0.3) is 0 Å². The van der Waals surface area contributed by atoms with Crippen molar-refractivity contribution >= 4 is 17.8 Å². The van der Waals surface area contributed by atoms with Gasteiger partial charge in [-0.2, -0.15) is 0 Å². The third kappa shape index (κ3) is 4.45. The number of carbonyl (C=O) groups is 3. The Labute approximate surface area is 171 Å². The lowest BCUT2D eigenvalue weighted by atomic mass is 9.90. The van der Waals surface area contributed by atoms with Crippen LogP contribution in [0.5, 0.6) is 0 Å². The molecular weight excluding hydrogens is 372 g/mol. The number of rotatable bonds is 3. The van der Waals surface area contributed by atoms with Crippen LogP contribution in [-0.2, 0) is 14.3 Å². The number of hydrogen-bond donors (Lipinski definition) is 0. The maximum Gasteiger partial charge on any atom is 0.256 e. The zero-order valence-electron chi connectivity index (χ0n) is 17.6. The first kappa shape index (κ1) is 21.3. The Morgan fingerprint density at radius 3 is 2.24 bits per heavy atom. The molecule has 1 atom stereocenters. The highest BCUT2D eigenvalue weighted by atomic mass is 16.5. The monoisotopic (exact) mass is 401 g/mol. The smallest absolute Gasteiger partial charge is 0.256 e. The summed E-state index contributed by atoms with van der Waals surface area (Å²) in [6.07, 6.45) is 1.20. The molecule has 1 aromatic carbocycles. The molecule has 0 bridgehead atoms. The van der Waals surface area contributed by atoms with Crippen LogP contribution in [0.15, 0.2) is 24.3 Å². The van der Waals surface area contributed by atoms with Crippen molar-refractivity contribution < 1.29 is 24.2 Å². The van der Waals surface area contributed by atoms with Crippen molar-refractivity contribution in [2.24, 2.45) is 5.41 Å². The second-order valence-electron chi connectivity index (χ2n) is 9.25. The molecule has 7 heteroatoms. The molecule has 158 valence electrons. The van der Waals surface area contributed by atoms with Crippen molar-refractivity contribution in [2.75, 3.05) is 19.7 Å². The van der Waals surface area contributed by atoms with Crippen LogP contribution in [0.4, 0.5) is 0 Å². The van der Waals surface area contributed by atoms with E-state index >= 15 is 0 Å². The average molecular weight is 401 g/mol. The van der Waals surface area contributed by atoms with Gasteiger partial charge in [0, 0.05) is 37.9 Å². The van der Waals surface area contributed by atoms with Gasteiger partial charge < -0.3 is 19.5 Å². The van der Waals surface area contributed by atoms with Gasteiger partial charge in [-0.1, -0.05) is 38.5 Å². The molecule has 3 rings (SSSR count). The molecular formula is C22H29N2O5-. The van der Waals surface area contributed by atoms with Crippen LogP contribution in [0.2, 0.25) is 0 Å². The van der Waals surface area contributed by atoms with Crippen molar-refractivity contribution in [3.63, 3.8) is 0 Å². The topological polar surface area (TPSA) is 90.0 Å². The van der Waals surface area contributed by atoms with Gasteiger partial charge in [0.1, 0.15) is 5.72 Å². The molecule has 29 heavy (non-hydrogen) atoms. The molecule has 2 aliphatic heterocycles. The number of hydrogen-bond acceptors (Lipinski definition) is 5. The van der Waals surface area contributed by atoms with E-state index in [4.69, 9.17) is 4.74 Å². The van der Waals surface area contributed by atoms with E-state index in [1.165, 1.54) is 4.90 Å². The molecule has 0 saturated carbocycles. The molecule has 0 aromatic heterocycles. The van der Waals surface area contributed by atoms with E-state index in [-0.39, 0.29) is 23.8 Å². The maximum atomic E-state index is 13.2. The quantitative estimate of drug-likeness (QED) is 0.762. The lowest BCUT2D eigenvalue weighted by Crippen LogP contribution is -2.60. The molecule has 2 aliphatic rings. The highest BCUT2D eigenvalue weighted by Crippen LogP contribution is 2.38. The summed E-state index contributed by atoms with van der Waals surface area (Å²) in [6, 6.07) is 5.88.